The van der Waals surface area contributed by atoms with Gasteiger partial charge in [-0.3, -0.25) is 0 Å². The van der Waals surface area contributed by atoms with E-state index in [0.717, 1.165) is 11.8 Å². The number of halogens is 1. The number of hydrogen-bond donors (Lipinski definition) is 1. The maximum atomic E-state index is 10.6. The van der Waals surface area contributed by atoms with Crippen molar-refractivity contribution in [3.05, 3.63) is 0 Å². The third kappa shape index (κ3) is 3.48. The van der Waals surface area contributed by atoms with Crippen molar-refractivity contribution in [2.24, 2.45) is 0 Å². The molecule has 0 amide bonds. The smallest absolute Gasteiger partial charge is 0.364 e. The molecule has 4 heteroatoms. The third-order valence-electron chi connectivity index (χ3n) is 0.992. The summed E-state index contributed by atoms with van der Waals surface area (Å²) in [4.78, 5) is 10.6. The van der Waals surface area contributed by atoms with E-state index in [2.05, 4.69) is 26.4 Å². The molecule has 0 unspecified atom stereocenters. The van der Waals surface area contributed by atoms with Gasteiger partial charge in [0.2, 0.25) is 0 Å². The first-order chi connectivity index (χ1) is 4.22. The van der Waals surface area contributed by atoms with Crippen LogP contribution >= 0.6 is 15.9 Å². The number of alkyl halides is 1. The molecule has 0 aliphatic rings. The number of esters is 1. The van der Waals surface area contributed by atoms with Crippen LogP contribution in [0.3, 0.4) is 0 Å². The maximum absolute atomic E-state index is 10.6. The summed E-state index contributed by atoms with van der Waals surface area (Å²) in [6.45, 7) is 0. The second-order valence-corrected chi connectivity index (χ2v) is 2.49. The molecule has 0 saturated carbocycles. The SMILES string of the molecule is COC(=O)[C@@H]([NH3+])CCBr. The van der Waals surface area contributed by atoms with E-state index in [1.165, 1.54) is 7.11 Å². The lowest BCUT2D eigenvalue weighted by atomic mass is 10.2. The van der Waals surface area contributed by atoms with Crippen molar-refractivity contribution in [3.8, 4) is 0 Å². The van der Waals surface area contributed by atoms with Crippen LogP contribution in [0.15, 0.2) is 0 Å². The number of carbonyl (C=O) groups is 1. The highest BCUT2D eigenvalue weighted by atomic mass is 79.9. The van der Waals surface area contributed by atoms with Crippen LogP contribution in [0, 0.1) is 0 Å². The summed E-state index contributed by atoms with van der Waals surface area (Å²) < 4.78 is 4.44. The fraction of sp³-hybridized carbons (Fsp3) is 0.800. The van der Waals surface area contributed by atoms with Gasteiger partial charge in [-0.1, -0.05) is 15.9 Å². The average Bonchev–Trinajstić information content (AvgIpc) is 1.87. The largest absolute Gasteiger partial charge is 0.465 e. The Morgan fingerprint density at radius 3 is 2.78 bits per heavy atom. The summed E-state index contributed by atoms with van der Waals surface area (Å²) in [5.41, 5.74) is 3.59. The second-order valence-electron chi connectivity index (χ2n) is 1.70. The van der Waals surface area contributed by atoms with E-state index < -0.39 is 0 Å². The van der Waals surface area contributed by atoms with Crippen molar-refractivity contribution in [2.45, 2.75) is 12.5 Å². The minimum atomic E-state index is -0.241. The average molecular weight is 197 g/mol. The van der Waals surface area contributed by atoms with Crippen molar-refractivity contribution in [2.75, 3.05) is 12.4 Å². The molecule has 0 spiro atoms. The Labute approximate surface area is 62.7 Å². The highest BCUT2D eigenvalue weighted by Gasteiger charge is 2.15. The van der Waals surface area contributed by atoms with Crippen LogP contribution in [0.25, 0.3) is 0 Å². The highest BCUT2D eigenvalue weighted by molar-refractivity contribution is 9.09. The maximum Gasteiger partial charge on any atom is 0.364 e. The molecule has 0 radical (unpaired) electrons. The van der Waals surface area contributed by atoms with E-state index in [9.17, 15) is 4.79 Å². The Bertz CT molecular complexity index is 97.0. The molecule has 3 nitrogen and oxygen atoms in total. The fourth-order valence-electron chi connectivity index (χ4n) is 0.416. The Morgan fingerprint density at radius 1 is 1.89 bits per heavy atom. The normalized spacial score (nSPS) is 12.8. The van der Waals surface area contributed by atoms with E-state index in [1.807, 2.05) is 0 Å². The molecule has 0 rings (SSSR count). The zero-order chi connectivity index (χ0) is 7.28. The van der Waals surface area contributed by atoms with Gasteiger partial charge in [-0.05, 0) is 0 Å². The molecule has 0 aliphatic heterocycles. The lowest BCUT2D eigenvalue weighted by molar-refractivity contribution is -0.408. The molecule has 0 aromatic heterocycles. The van der Waals surface area contributed by atoms with Gasteiger partial charge in [0, 0.05) is 11.8 Å². The van der Waals surface area contributed by atoms with E-state index in [1.54, 1.807) is 0 Å². The van der Waals surface area contributed by atoms with Gasteiger partial charge in [0.15, 0.2) is 6.04 Å². The molecule has 0 aromatic rings. The predicted molar refractivity (Wildman–Crippen MR) is 37.1 cm³/mol. The molecule has 1 atom stereocenters. The predicted octanol–water partition coefficient (Wildman–Crippen LogP) is -0.445. The van der Waals surface area contributed by atoms with Gasteiger partial charge in [-0.15, -0.1) is 0 Å². The van der Waals surface area contributed by atoms with Gasteiger partial charge in [0.1, 0.15) is 0 Å². The molecule has 0 fully saturated rings. The molecule has 0 aliphatic carbocycles. The topological polar surface area (TPSA) is 53.9 Å². The van der Waals surface area contributed by atoms with Crippen molar-refractivity contribution >= 4 is 21.9 Å². The first kappa shape index (κ1) is 8.91. The molecule has 0 aromatic carbocycles. The van der Waals surface area contributed by atoms with Crippen LogP contribution in [-0.4, -0.2) is 24.5 Å². The molecule has 54 valence electrons. The minimum Gasteiger partial charge on any atom is -0.465 e. The Morgan fingerprint density at radius 2 is 2.44 bits per heavy atom. The van der Waals surface area contributed by atoms with Crippen molar-refractivity contribution in [3.63, 3.8) is 0 Å². The van der Waals surface area contributed by atoms with Crippen molar-refractivity contribution in [1.82, 2.24) is 0 Å². The number of carbonyl (C=O) groups excluding carboxylic acids is 1. The van der Waals surface area contributed by atoms with Crippen molar-refractivity contribution in [1.29, 1.82) is 0 Å². The molecule has 0 bridgehead atoms. The first-order valence-corrected chi connectivity index (χ1v) is 3.81. The van der Waals surface area contributed by atoms with E-state index >= 15 is 0 Å². The monoisotopic (exact) mass is 196 g/mol. The minimum absolute atomic E-state index is 0.227. The molecule has 3 N–H and O–H groups in total. The lowest BCUT2D eigenvalue weighted by Crippen LogP contribution is -2.65. The summed E-state index contributed by atoms with van der Waals surface area (Å²) in [7, 11) is 1.37. The van der Waals surface area contributed by atoms with Gasteiger partial charge in [-0.2, -0.15) is 0 Å². The number of rotatable bonds is 3. The highest BCUT2D eigenvalue weighted by Crippen LogP contribution is 1.92. The molecular formula is C5H11BrNO2+. The standard InChI is InChI=1S/C5H10BrNO2/c1-9-5(8)4(7)2-3-6/h4H,2-3,7H2,1H3/p+1/t4-/m0/s1. The van der Waals surface area contributed by atoms with Crippen LogP contribution in [0.2, 0.25) is 0 Å². The van der Waals surface area contributed by atoms with Crippen LogP contribution in [0.1, 0.15) is 6.42 Å². The number of quaternary nitrogens is 1. The van der Waals surface area contributed by atoms with E-state index in [4.69, 9.17) is 0 Å². The molecule has 0 saturated heterocycles. The first-order valence-electron chi connectivity index (χ1n) is 2.69. The zero-order valence-corrected chi connectivity index (χ0v) is 6.98. The van der Waals surface area contributed by atoms with Gasteiger partial charge in [0.25, 0.3) is 0 Å². The van der Waals surface area contributed by atoms with Crippen LogP contribution in [0.5, 0.6) is 0 Å². The van der Waals surface area contributed by atoms with Gasteiger partial charge in [0.05, 0.1) is 7.11 Å². The molecular weight excluding hydrogens is 186 g/mol. The summed E-state index contributed by atoms with van der Waals surface area (Å²) >= 11 is 3.20. The quantitative estimate of drug-likeness (QED) is 0.492. The summed E-state index contributed by atoms with van der Waals surface area (Å²) in [5.74, 6) is -0.241. The van der Waals surface area contributed by atoms with Gasteiger partial charge >= 0.3 is 5.97 Å². The number of hydrogen-bond acceptors (Lipinski definition) is 2. The van der Waals surface area contributed by atoms with Gasteiger partial charge in [-0.25, -0.2) is 4.79 Å². The lowest BCUT2D eigenvalue weighted by Gasteiger charge is -2.01. The fourth-order valence-corrected chi connectivity index (χ4v) is 0.969. The number of ether oxygens (including phenoxy) is 1. The zero-order valence-electron chi connectivity index (χ0n) is 5.39. The van der Waals surface area contributed by atoms with E-state index in [-0.39, 0.29) is 12.0 Å². The summed E-state index contributed by atoms with van der Waals surface area (Å²) in [6.07, 6.45) is 0.729. The van der Waals surface area contributed by atoms with Crippen LogP contribution < -0.4 is 5.73 Å². The second kappa shape index (κ2) is 4.76. The molecule has 0 heterocycles. The van der Waals surface area contributed by atoms with Crippen LogP contribution in [0.4, 0.5) is 0 Å². The third-order valence-corrected chi connectivity index (χ3v) is 1.45. The Balaban J connectivity index is 3.45. The summed E-state index contributed by atoms with van der Waals surface area (Å²) in [6, 6.07) is -0.227. The van der Waals surface area contributed by atoms with Gasteiger partial charge < -0.3 is 10.5 Å². The summed E-state index contributed by atoms with van der Waals surface area (Å²) in [5, 5.41) is 0.788. The van der Waals surface area contributed by atoms with Crippen molar-refractivity contribution < 1.29 is 15.3 Å². The van der Waals surface area contributed by atoms with Crippen LogP contribution in [-0.2, 0) is 9.53 Å². The Hall–Kier alpha value is -0.0900. The van der Waals surface area contributed by atoms with E-state index in [0.29, 0.717) is 0 Å². The number of methoxy groups -OCH3 is 1. The Kier molecular flexibility index (Phi) is 4.71. The molecule has 9 heavy (non-hydrogen) atoms.